The Morgan fingerprint density at radius 2 is 1.85 bits per heavy atom. The molecule has 116 valence electrons. The van der Waals surface area contributed by atoms with Gasteiger partial charge >= 0.3 is 0 Å². The Labute approximate surface area is 128 Å². The SMILES string of the molecule is CC(C)(C)NC(N)=NCC1(N2CCSCC2)CCCC1. The number of rotatable bonds is 3. The molecule has 4 nitrogen and oxygen atoms in total. The average molecular weight is 299 g/mol. The number of thioether (sulfide) groups is 1. The molecule has 0 amide bonds. The lowest BCUT2D eigenvalue weighted by Crippen LogP contribution is -2.53. The highest BCUT2D eigenvalue weighted by Gasteiger charge is 2.39. The molecule has 0 aromatic rings. The molecule has 0 unspecified atom stereocenters. The molecule has 0 spiro atoms. The van der Waals surface area contributed by atoms with Gasteiger partial charge < -0.3 is 11.1 Å². The molecule has 5 heteroatoms. The molecule has 0 aromatic carbocycles. The third-order valence-corrected chi connectivity index (χ3v) is 5.21. The summed E-state index contributed by atoms with van der Waals surface area (Å²) >= 11 is 2.07. The zero-order valence-electron chi connectivity index (χ0n) is 13.2. The average Bonchev–Trinajstić information content (AvgIpc) is 2.85. The molecule has 20 heavy (non-hydrogen) atoms. The molecule has 3 N–H and O–H groups in total. The van der Waals surface area contributed by atoms with Crippen molar-refractivity contribution in [2.45, 2.75) is 57.5 Å². The first-order valence-electron chi connectivity index (χ1n) is 7.82. The Morgan fingerprint density at radius 3 is 2.40 bits per heavy atom. The van der Waals surface area contributed by atoms with E-state index in [-0.39, 0.29) is 11.1 Å². The smallest absolute Gasteiger partial charge is 0.189 e. The molecule has 0 bridgehead atoms. The summed E-state index contributed by atoms with van der Waals surface area (Å²) in [5.41, 5.74) is 6.31. The summed E-state index contributed by atoms with van der Waals surface area (Å²) in [6.07, 6.45) is 5.24. The van der Waals surface area contributed by atoms with Crippen molar-refractivity contribution in [2.24, 2.45) is 10.7 Å². The van der Waals surface area contributed by atoms with Crippen LogP contribution in [0.15, 0.2) is 4.99 Å². The van der Waals surface area contributed by atoms with Crippen LogP contribution in [-0.4, -0.2) is 53.1 Å². The molecule has 1 aliphatic carbocycles. The zero-order chi connectivity index (χ0) is 14.6. The van der Waals surface area contributed by atoms with Gasteiger partial charge in [0.2, 0.25) is 0 Å². The fourth-order valence-electron chi connectivity index (χ4n) is 3.30. The van der Waals surface area contributed by atoms with Crippen molar-refractivity contribution in [3.8, 4) is 0 Å². The standard InChI is InChI=1S/C15H30N4S/c1-14(2,3)18-13(16)17-12-15(6-4-5-7-15)19-8-10-20-11-9-19/h4-12H2,1-3H3,(H3,16,17,18). The maximum atomic E-state index is 6.04. The van der Waals surface area contributed by atoms with Crippen molar-refractivity contribution in [1.29, 1.82) is 0 Å². The van der Waals surface area contributed by atoms with Crippen LogP contribution in [-0.2, 0) is 0 Å². The number of guanidine groups is 1. The fraction of sp³-hybridized carbons (Fsp3) is 0.933. The van der Waals surface area contributed by atoms with Crippen molar-refractivity contribution in [3.63, 3.8) is 0 Å². The van der Waals surface area contributed by atoms with Gasteiger partial charge in [0.15, 0.2) is 5.96 Å². The monoisotopic (exact) mass is 298 g/mol. The number of aliphatic imine (C=N–C) groups is 1. The van der Waals surface area contributed by atoms with Crippen LogP contribution in [0, 0.1) is 0 Å². The quantitative estimate of drug-likeness (QED) is 0.618. The molecule has 1 heterocycles. The Morgan fingerprint density at radius 1 is 1.25 bits per heavy atom. The molecule has 1 aliphatic heterocycles. The van der Waals surface area contributed by atoms with Gasteiger partial charge in [0, 0.05) is 35.7 Å². The van der Waals surface area contributed by atoms with Gasteiger partial charge in [0.25, 0.3) is 0 Å². The predicted molar refractivity (Wildman–Crippen MR) is 89.5 cm³/mol. The highest BCUT2D eigenvalue weighted by molar-refractivity contribution is 7.99. The first-order valence-corrected chi connectivity index (χ1v) is 8.98. The van der Waals surface area contributed by atoms with E-state index in [2.05, 4.69) is 47.7 Å². The van der Waals surface area contributed by atoms with E-state index in [0.717, 1.165) is 6.54 Å². The van der Waals surface area contributed by atoms with Gasteiger partial charge in [-0.1, -0.05) is 12.8 Å². The third kappa shape index (κ3) is 4.29. The van der Waals surface area contributed by atoms with E-state index in [1.54, 1.807) is 0 Å². The van der Waals surface area contributed by atoms with E-state index in [9.17, 15) is 0 Å². The second-order valence-electron chi connectivity index (χ2n) is 7.11. The third-order valence-electron chi connectivity index (χ3n) is 4.26. The molecule has 1 saturated heterocycles. The fourth-order valence-corrected chi connectivity index (χ4v) is 4.20. The van der Waals surface area contributed by atoms with Crippen molar-refractivity contribution in [3.05, 3.63) is 0 Å². The first-order chi connectivity index (χ1) is 9.41. The van der Waals surface area contributed by atoms with Gasteiger partial charge in [-0.2, -0.15) is 11.8 Å². The lowest BCUT2D eigenvalue weighted by Gasteiger charge is -2.42. The summed E-state index contributed by atoms with van der Waals surface area (Å²) in [5, 5.41) is 3.27. The van der Waals surface area contributed by atoms with Crippen molar-refractivity contribution < 1.29 is 0 Å². The van der Waals surface area contributed by atoms with Crippen LogP contribution in [0.3, 0.4) is 0 Å². The second kappa shape index (κ2) is 6.56. The molecule has 0 radical (unpaired) electrons. The molecule has 0 aromatic heterocycles. The van der Waals surface area contributed by atoms with Gasteiger partial charge in [0.1, 0.15) is 0 Å². The molecule has 2 aliphatic rings. The van der Waals surface area contributed by atoms with E-state index < -0.39 is 0 Å². The molecular formula is C15H30N4S. The Hall–Kier alpha value is -0.420. The Kier molecular flexibility index (Phi) is 5.24. The molecule has 0 atom stereocenters. The van der Waals surface area contributed by atoms with Gasteiger partial charge in [0.05, 0.1) is 6.54 Å². The zero-order valence-corrected chi connectivity index (χ0v) is 14.1. The first kappa shape index (κ1) is 16.0. The number of hydrogen-bond donors (Lipinski definition) is 2. The second-order valence-corrected chi connectivity index (χ2v) is 8.33. The summed E-state index contributed by atoms with van der Waals surface area (Å²) in [5.74, 6) is 3.12. The van der Waals surface area contributed by atoms with Gasteiger partial charge in [-0.3, -0.25) is 9.89 Å². The van der Waals surface area contributed by atoms with Crippen LogP contribution in [0.5, 0.6) is 0 Å². The predicted octanol–water partition coefficient (Wildman–Crippen LogP) is 2.05. The summed E-state index contributed by atoms with van der Waals surface area (Å²) in [6.45, 7) is 9.62. The largest absolute Gasteiger partial charge is 0.370 e. The highest BCUT2D eigenvalue weighted by atomic mass is 32.2. The minimum Gasteiger partial charge on any atom is -0.370 e. The number of nitrogens with two attached hydrogens (primary N) is 1. The number of nitrogens with one attached hydrogen (secondary N) is 1. The maximum Gasteiger partial charge on any atom is 0.189 e. The van der Waals surface area contributed by atoms with Gasteiger partial charge in [-0.05, 0) is 33.6 Å². The Balaban J connectivity index is 2.00. The van der Waals surface area contributed by atoms with Crippen LogP contribution >= 0.6 is 11.8 Å². The van der Waals surface area contributed by atoms with Gasteiger partial charge in [-0.25, -0.2) is 0 Å². The van der Waals surface area contributed by atoms with Gasteiger partial charge in [-0.15, -0.1) is 0 Å². The van der Waals surface area contributed by atoms with E-state index >= 15 is 0 Å². The van der Waals surface area contributed by atoms with Crippen molar-refractivity contribution >= 4 is 17.7 Å². The normalized spacial score (nSPS) is 24.9. The number of hydrogen-bond acceptors (Lipinski definition) is 3. The van der Waals surface area contributed by atoms with E-state index in [4.69, 9.17) is 5.73 Å². The van der Waals surface area contributed by atoms with Crippen LogP contribution in [0.4, 0.5) is 0 Å². The van der Waals surface area contributed by atoms with Crippen LogP contribution in [0.25, 0.3) is 0 Å². The molecule has 2 fully saturated rings. The summed E-state index contributed by atoms with van der Waals surface area (Å²) in [7, 11) is 0. The molecular weight excluding hydrogens is 268 g/mol. The van der Waals surface area contributed by atoms with E-state index in [0.29, 0.717) is 5.96 Å². The van der Waals surface area contributed by atoms with Crippen LogP contribution in [0.1, 0.15) is 46.5 Å². The summed E-state index contributed by atoms with van der Waals surface area (Å²) in [6, 6.07) is 0. The highest BCUT2D eigenvalue weighted by Crippen LogP contribution is 2.37. The summed E-state index contributed by atoms with van der Waals surface area (Å²) < 4.78 is 0. The van der Waals surface area contributed by atoms with Crippen LogP contribution < -0.4 is 11.1 Å². The minimum atomic E-state index is -0.0157. The summed E-state index contributed by atoms with van der Waals surface area (Å²) in [4.78, 5) is 7.36. The minimum absolute atomic E-state index is 0.0157. The topological polar surface area (TPSA) is 53.6 Å². The van der Waals surface area contributed by atoms with Crippen molar-refractivity contribution in [2.75, 3.05) is 31.1 Å². The van der Waals surface area contributed by atoms with Crippen molar-refractivity contribution in [1.82, 2.24) is 10.2 Å². The lowest BCUT2D eigenvalue weighted by molar-refractivity contribution is 0.112. The maximum absolute atomic E-state index is 6.04. The van der Waals surface area contributed by atoms with Crippen LogP contribution in [0.2, 0.25) is 0 Å². The van der Waals surface area contributed by atoms with E-state index in [1.165, 1.54) is 50.3 Å². The molecule has 1 saturated carbocycles. The van der Waals surface area contributed by atoms with E-state index in [1.807, 2.05) is 0 Å². The Bertz CT molecular complexity index is 336. The number of nitrogens with zero attached hydrogens (tertiary/aromatic N) is 2. The molecule has 2 rings (SSSR count). The lowest BCUT2D eigenvalue weighted by atomic mass is 9.95.